The molecule has 98 valence electrons. The molecule has 0 saturated carbocycles. The molecular formula is C12H10FN3O3. The zero-order valence-corrected chi connectivity index (χ0v) is 9.96. The van der Waals surface area contributed by atoms with E-state index in [2.05, 4.69) is 5.43 Å². The number of rotatable bonds is 3. The van der Waals surface area contributed by atoms with Gasteiger partial charge in [-0.1, -0.05) is 0 Å². The van der Waals surface area contributed by atoms with Crippen molar-refractivity contribution in [2.45, 2.75) is 6.92 Å². The highest BCUT2D eigenvalue weighted by atomic mass is 19.1. The molecular weight excluding hydrogens is 253 g/mol. The van der Waals surface area contributed by atoms with Crippen molar-refractivity contribution in [1.82, 2.24) is 4.68 Å². The largest absolute Gasteiger partial charge is 0.273 e. The summed E-state index contributed by atoms with van der Waals surface area (Å²) in [6.07, 6.45) is 3.11. The number of nitrogens with zero attached hydrogens (tertiary/aromatic N) is 2. The maximum atomic E-state index is 13.8. The monoisotopic (exact) mass is 263 g/mol. The number of halogens is 1. The summed E-state index contributed by atoms with van der Waals surface area (Å²) in [5.41, 5.74) is 1.75. The second-order valence-electron chi connectivity index (χ2n) is 3.91. The van der Waals surface area contributed by atoms with Crippen LogP contribution in [0.15, 0.2) is 36.7 Å². The van der Waals surface area contributed by atoms with E-state index >= 15 is 0 Å². The number of nitro benzene ring substituents is 1. The van der Waals surface area contributed by atoms with Crippen molar-refractivity contribution >= 4 is 11.6 Å². The van der Waals surface area contributed by atoms with Gasteiger partial charge in [-0.3, -0.25) is 25.0 Å². The van der Waals surface area contributed by atoms with E-state index in [4.69, 9.17) is 0 Å². The summed E-state index contributed by atoms with van der Waals surface area (Å²) in [6.45, 7) is 1.37. The predicted octanol–water partition coefficient (Wildman–Crippen LogP) is 2.23. The summed E-state index contributed by atoms with van der Waals surface area (Å²) in [5, 5.41) is 10.7. The molecule has 0 unspecified atom stereocenters. The van der Waals surface area contributed by atoms with Crippen LogP contribution >= 0.6 is 0 Å². The molecule has 6 nitrogen and oxygen atoms in total. The minimum Gasteiger partial charge on any atom is -0.268 e. The van der Waals surface area contributed by atoms with Gasteiger partial charge in [-0.05, 0) is 24.6 Å². The molecule has 2 rings (SSSR count). The van der Waals surface area contributed by atoms with Crippen molar-refractivity contribution in [1.29, 1.82) is 0 Å². The Bertz CT molecular complexity index is 638. The molecule has 1 N–H and O–H groups in total. The van der Waals surface area contributed by atoms with Crippen molar-refractivity contribution in [3.8, 4) is 0 Å². The zero-order valence-electron chi connectivity index (χ0n) is 9.96. The Morgan fingerprint density at radius 2 is 2.00 bits per heavy atom. The maximum absolute atomic E-state index is 13.8. The minimum atomic E-state index is -0.768. The van der Waals surface area contributed by atoms with Crippen LogP contribution in [-0.4, -0.2) is 15.5 Å². The molecule has 0 atom stereocenters. The average Bonchev–Trinajstić information content (AvgIpc) is 2.84. The van der Waals surface area contributed by atoms with Crippen LogP contribution in [0.25, 0.3) is 0 Å². The van der Waals surface area contributed by atoms with Crippen LogP contribution in [0.1, 0.15) is 15.9 Å². The van der Waals surface area contributed by atoms with Crippen molar-refractivity contribution in [3.63, 3.8) is 0 Å². The predicted molar refractivity (Wildman–Crippen MR) is 65.9 cm³/mol. The fourth-order valence-corrected chi connectivity index (χ4v) is 1.61. The summed E-state index contributed by atoms with van der Waals surface area (Å²) in [4.78, 5) is 21.9. The Kier molecular flexibility index (Phi) is 3.28. The third-order valence-electron chi connectivity index (χ3n) is 2.53. The van der Waals surface area contributed by atoms with Crippen molar-refractivity contribution < 1.29 is 14.1 Å². The van der Waals surface area contributed by atoms with Gasteiger partial charge in [0.2, 0.25) is 0 Å². The van der Waals surface area contributed by atoms with E-state index in [-0.39, 0.29) is 16.8 Å². The Morgan fingerprint density at radius 1 is 1.37 bits per heavy atom. The lowest BCUT2D eigenvalue weighted by Gasteiger charge is -2.08. The molecule has 0 aliphatic rings. The van der Waals surface area contributed by atoms with Crippen LogP contribution in [0.5, 0.6) is 0 Å². The maximum Gasteiger partial charge on any atom is 0.273 e. The second-order valence-corrected chi connectivity index (χ2v) is 3.91. The van der Waals surface area contributed by atoms with Gasteiger partial charge in [-0.25, -0.2) is 4.39 Å². The fraction of sp³-hybridized carbons (Fsp3) is 0.0833. The van der Waals surface area contributed by atoms with Crippen LogP contribution in [0.3, 0.4) is 0 Å². The van der Waals surface area contributed by atoms with Crippen molar-refractivity contribution in [3.05, 3.63) is 63.7 Å². The summed E-state index contributed by atoms with van der Waals surface area (Å²) >= 11 is 0. The van der Waals surface area contributed by atoms with Gasteiger partial charge in [0.1, 0.15) is 5.82 Å². The van der Waals surface area contributed by atoms with Gasteiger partial charge in [0.05, 0.1) is 10.5 Å². The van der Waals surface area contributed by atoms with Crippen LogP contribution in [0, 0.1) is 22.9 Å². The molecule has 0 fully saturated rings. The summed E-state index contributed by atoms with van der Waals surface area (Å²) in [6, 6.07) is 5.35. The van der Waals surface area contributed by atoms with Gasteiger partial charge in [-0.15, -0.1) is 0 Å². The number of aryl methyl sites for hydroxylation is 1. The summed E-state index contributed by atoms with van der Waals surface area (Å²) in [5.74, 6) is -1.52. The number of hydrogen-bond acceptors (Lipinski definition) is 3. The van der Waals surface area contributed by atoms with Gasteiger partial charge < -0.3 is 0 Å². The SMILES string of the molecule is Cc1cc([N+](=O)[O-])cc(C(=O)Nn2cccc2)c1F. The molecule has 0 radical (unpaired) electrons. The fourth-order valence-electron chi connectivity index (χ4n) is 1.61. The molecule has 2 aromatic rings. The number of non-ortho nitro benzene ring substituents is 1. The molecule has 7 heteroatoms. The quantitative estimate of drug-likeness (QED) is 0.681. The molecule has 0 saturated heterocycles. The molecule has 1 amide bonds. The summed E-state index contributed by atoms with van der Waals surface area (Å²) < 4.78 is 15.2. The normalized spacial score (nSPS) is 10.2. The standard InChI is InChI=1S/C12H10FN3O3/c1-8-6-9(16(18)19)7-10(11(8)13)12(17)14-15-4-2-3-5-15/h2-7H,1H3,(H,14,17). The number of benzene rings is 1. The first kappa shape index (κ1) is 12.7. The number of nitrogens with one attached hydrogen (secondary N) is 1. The number of aromatic nitrogens is 1. The highest BCUT2D eigenvalue weighted by Gasteiger charge is 2.19. The highest BCUT2D eigenvalue weighted by Crippen LogP contribution is 2.21. The van der Waals surface area contributed by atoms with Crippen LogP contribution < -0.4 is 5.43 Å². The Balaban J connectivity index is 2.38. The third-order valence-corrected chi connectivity index (χ3v) is 2.53. The summed E-state index contributed by atoms with van der Waals surface area (Å²) in [7, 11) is 0. The van der Waals surface area contributed by atoms with Gasteiger partial charge in [0.15, 0.2) is 0 Å². The Morgan fingerprint density at radius 3 is 2.58 bits per heavy atom. The van der Waals surface area contributed by atoms with E-state index in [1.807, 2.05) is 0 Å². The number of nitro groups is 1. The second kappa shape index (κ2) is 4.89. The van der Waals surface area contributed by atoms with E-state index in [9.17, 15) is 19.3 Å². The van der Waals surface area contributed by atoms with Crippen molar-refractivity contribution in [2.24, 2.45) is 0 Å². The van der Waals surface area contributed by atoms with E-state index in [0.29, 0.717) is 0 Å². The number of carbonyl (C=O) groups is 1. The molecule has 0 spiro atoms. The van der Waals surface area contributed by atoms with Crippen LogP contribution in [-0.2, 0) is 0 Å². The first-order valence-electron chi connectivity index (χ1n) is 5.38. The van der Waals surface area contributed by atoms with Gasteiger partial charge in [0.25, 0.3) is 11.6 Å². The molecule has 1 aromatic heterocycles. The van der Waals surface area contributed by atoms with Crippen molar-refractivity contribution in [2.75, 3.05) is 5.43 Å². The van der Waals surface area contributed by atoms with Crippen LogP contribution in [0.4, 0.5) is 10.1 Å². The molecule has 1 aromatic carbocycles. The van der Waals surface area contributed by atoms with Gasteiger partial charge in [-0.2, -0.15) is 0 Å². The Labute approximate surface area is 107 Å². The number of amides is 1. The average molecular weight is 263 g/mol. The van der Waals surface area contributed by atoms with Gasteiger partial charge >= 0.3 is 0 Å². The first-order chi connectivity index (χ1) is 8.99. The molecule has 0 aliphatic carbocycles. The lowest BCUT2D eigenvalue weighted by Crippen LogP contribution is -2.22. The Hall–Kier alpha value is -2.70. The van der Waals surface area contributed by atoms with E-state index in [0.717, 1.165) is 12.1 Å². The topological polar surface area (TPSA) is 77.2 Å². The lowest BCUT2D eigenvalue weighted by molar-refractivity contribution is -0.385. The molecule has 19 heavy (non-hydrogen) atoms. The van der Waals surface area contributed by atoms with Crippen LogP contribution in [0.2, 0.25) is 0 Å². The molecule has 0 aliphatic heterocycles. The number of hydrogen-bond donors (Lipinski definition) is 1. The minimum absolute atomic E-state index is 0.0480. The highest BCUT2D eigenvalue weighted by molar-refractivity contribution is 6.00. The van der Waals surface area contributed by atoms with E-state index < -0.39 is 16.6 Å². The smallest absolute Gasteiger partial charge is 0.268 e. The number of carbonyl (C=O) groups excluding carboxylic acids is 1. The lowest BCUT2D eigenvalue weighted by atomic mass is 10.1. The first-order valence-corrected chi connectivity index (χ1v) is 5.38. The third kappa shape index (κ3) is 2.59. The molecule has 1 heterocycles. The zero-order chi connectivity index (χ0) is 14.0. The van der Waals surface area contributed by atoms with Gasteiger partial charge in [0, 0.05) is 24.5 Å². The van der Waals surface area contributed by atoms with E-state index in [1.54, 1.807) is 24.5 Å². The van der Waals surface area contributed by atoms with E-state index in [1.165, 1.54) is 11.6 Å². The molecule has 0 bridgehead atoms.